The van der Waals surface area contributed by atoms with Crippen LogP contribution in [0.2, 0.25) is 0 Å². The quantitative estimate of drug-likeness (QED) is 0.743. The van der Waals surface area contributed by atoms with E-state index < -0.39 is 5.91 Å². The van der Waals surface area contributed by atoms with Crippen LogP contribution in [0.15, 0.2) is 4.42 Å². The van der Waals surface area contributed by atoms with Crippen molar-refractivity contribution in [2.45, 2.75) is 32.1 Å². The molecule has 0 bridgehead atoms. The van der Waals surface area contributed by atoms with Gasteiger partial charge >= 0.3 is 6.01 Å². The fourth-order valence-electron chi connectivity index (χ4n) is 1.17. The number of ketones is 1. The molecule has 1 N–H and O–H groups in total. The normalized spacial score (nSPS) is 15.0. The second-order valence-electron chi connectivity index (χ2n) is 3.65. The Morgan fingerprint density at radius 1 is 1.47 bits per heavy atom. The van der Waals surface area contributed by atoms with E-state index in [9.17, 15) is 9.59 Å². The van der Waals surface area contributed by atoms with Gasteiger partial charge in [0, 0.05) is 5.92 Å². The lowest BCUT2D eigenvalue weighted by atomic mass is 10.3. The van der Waals surface area contributed by atoms with Gasteiger partial charge in [-0.05, 0) is 19.8 Å². The second-order valence-corrected chi connectivity index (χ2v) is 3.65. The highest BCUT2D eigenvalue weighted by Crippen LogP contribution is 2.39. The van der Waals surface area contributed by atoms with Crippen LogP contribution in [0.4, 0.5) is 6.01 Å². The van der Waals surface area contributed by atoms with Crippen LogP contribution < -0.4 is 5.32 Å². The van der Waals surface area contributed by atoms with Crippen molar-refractivity contribution in [3.05, 3.63) is 5.89 Å². The molecule has 0 radical (unpaired) electrons. The van der Waals surface area contributed by atoms with Crippen molar-refractivity contribution in [2.75, 3.05) is 5.32 Å². The largest absolute Gasteiger partial charge is 0.408 e. The third-order valence-electron chi connectivity index (χ3n) is 2.02. The van der Waals surface area contributed by atoms with Crippen LogP contribution in [-0.4, -0.2) is 21.9 Å². The van der Waals surface area contributed by atoms with Gasteiger partial charge < -0.3 is 4.42 Å². The van der Waals surface area contributed by atoms with E-state index in [1.807, 2.05) is 0 Å². The highest BCUT2D eigenvalue weighted by molar-refractivity contribution is 6.02. The molecule has 6 heteroatoms. The van der Waals surface area contributed by atoms with Crippen LogP contribution >= 0.6 is 0 Å². The number of hydrogen-bond donors (Lipinski definition) is 1. The fourth-order valence-corrected chi connectivity index (χ4v) is 1.17. The molecule has 6 nitrogen and oxygen atoms in total. The zero-order valence-electron chi connectivity index (χ0n) is 8.32. The molecule has 1 amide bonds. The highest BCUT2D eigenvalue weighted by Gasteiger charge is 2.29. The third kappa shape index (κ3) is 2.61. The standard InChI is InChI=1S/C9H11N3O3/c1-5(13)4-7(14)10-9-12-11-8(15-9)6-2-3-6/h6H,2-4H2,1H3,(H,10,12,14). The summed E-state index contributed by atoms with van der Waals surface area (Å²) in [6.07, 6.45) is 1.95. The van der Waals surface area contributed by atoms with Crippen LogP contribution in [-0.2, 0) is 9.59 Å². The summed E-state index contributed by atoms with van der Waals surface area (Å²) in [5.74, 6) is 0.298. The van der Waals surface area contributed by atoms with Crippen molar-refractivity contribution >= 4 is 17.7 Å². The predicted octanol–water partition coefficient (Wildman–Crippen LogP) is 0.865. The van der Waals surface area contributed by atoms with Gasteiger partial charge in [-0.2, -0.15) is 0 Å². The molecule has 1 aromatic heterocycles. The summed E-state index contributed by atoms with van der Waals surface area (Å²) in [6.45, 7) is 1.35. The summed E-state index contributed by atoms with van der Waals surface area (Å²) < 4.78 is 5.19. The number of carbonyl (C=O) groups is 2. The summed E-state index contributed by atoms with van der Waals surface area (Å²) in [5.41, 5.74) is 0. The van der Waals surface area contributed by atoms with E-state index in [0.29, 0.717) is 11.8 Å². The Hall–Kier alpha value is -1.72. The van der Waals surface area contributed by atoms with E-state index in [2.05, 4.69) is 15.5 Å². The van der Waals surface area contributed by atoms with E-state index >= 15 is 0 Å². The van der Waals surface area contributed by atoms with Gasteiger partial charge in [-0.1, -0.05) is 5.10 Å². The van der Waals surface area contributed by atoms with Gasteiger partial charge in [0.05, 0.1) is 6.42 Å². The predicted molar refractivity (Wildman–Crippen MR) is 50.2 cm³/mol. The summed E-state index contributed by atoms with van der Waals surface area (Å²) in [6, 6.07) is 0.0724. The molecule has 0 spiro atoms. The first kappa shape index (κ1) is 9.82. The van der Waals surface area contributed by atoms with E-state index in [0.717, 1.165) is 12.8 Å². The van der Waals surface area contributed by atoms with Gasteiger partial charge in [0.15, 0.2) is 0 Å². The lowest BCUT2D eigenvalue weighted by Crippen LogP contribution is -2.14. The molecule has 0 aromatic carbocycles. The lowest BCUT2D eigenvalue weighted by molar-refractivity contribution is -0.124. The zero-order chi connectivity index (χ0) is 10.8. The monoisotopic (exact) mass is 209 g/mol. The Morgan fingerprint density at radius 3 is 2.80 bits per heavy atom. The number of carbonyl (C=O) groups excluding carboxylic acids is 2. The Balaban J connectivity index is 1.92. The fraction of sp³-hybridized carbons (Fsp3) is 0.556. The maximum Gasteiger partial charge on any atom is 0.322 e. The molecule has 80 valence electrons. The van der Waals surface area contributed by atoms with Crippen molar-refractivity contribution in [3.63, 3.8) is 0 Å². The molecule has 1 aromatic rings. The molecular formula is C9H11N3O3. The number of aromatic nitrogens is 2. The van der Waals surface area contributed by atoms with Gasteiger partial charge in [0.25, 0.3) is 0 Å². The Labute approximate surface area is 86.1 Å². The number of anilines is 1. The van der Waals surface area contributed by atoms with Crippen molar-refractivity contribution in [2.24, 2.45) is 0 Å². The van der Waals surface area contributed by atoms with Crippen molar-refractivity contribution in [1.82, 2.24) is 10.2 Å². The van der Waals surface area contributed by atoms with Crippen molar-refractivity contribution in [3.8, 4) is 0 Å². The Morgan fingerprint density at radius 2 is 2.20 bits per heavy atom. The van der Waals surface area contributed by atoms with Gasteiger partial charge in [0.2, 0.25) is 11.8 Å². The molecule has 0 aliphatic heterocycles. The molecule has 1 heterocycles. The zero-order valence-corrected chi connectivity index (χ0v) is 8.32. The Bertz CT molecular complexity index is 395. The minimum Gasteiger partial charge on any atom is -0.408 e. The first-order chi connectivity index (χ1) is 7.15. The van der Waals surface area contributed by atoms with E-state index in [1.165, 1.54) is 6.92 Å². The average Bonchev–Trinajstić information content (AvgIpc) is 2.87. The van der Waals surface area contributed by atoms with Crippen LogP contribution in [0.3, 0.4) is 0 Å². The van der Waals surface area contributed by atoms with Gasteiger partial charge in [-0.25, -0.2) is 0 Å². The second kappa shape index (κ2) is 3.80. The molecule has 1 aliphatic rings. The number of nitrogens with zero attached hydrogens (tertiary/aromatic N) is 2. The number of Topliss-reactive ketones (excluding diaryl/α,β-unsaturated/α-hetero) is 1. The highest BCUT2D eigenvalue weighted by atomic mass is 16.4. The van der Waals surface area contributed by atoms with Crippen LogP contribution in [0, 0.1) is 0 Å². The molecule has 2 rings (SSSR count). The van der Waals surface area contributed by atoms with Crippen LogP contribution in [0.5, 0.6) is 0 Å². The van der Waals surface area contributed by atoms with Crippen LogP contribution in [0.25, 0.3) is 0 Å². The summed E-state index contributed by atoms with van der Waals surface area (Å²) in [4.78, 5) is 21.8. The van der Waals surface area contributed by atoms with E-state index in [4.69, 9.17) is 4.42 Å². The SMILES string of the molecule is CC(=O)CC(=O)Nc1nnc(C2CC2)o1. The number of amides is 1. The maximum absolute atomic E-state index is 11.2. The summed E-state index contributed by atoms with van der Waals surface area (Å²) in [5, 5.41) is 9.84. The van der Waals surface area contributed by atoms with Gasteiger partial charge in [-0.3, -0.25) is 14.9 Å². The number of rotatable bonds is 4. The van der Waals surface area contributed by atoms with Gasteiger partial charge in [0.1, 0.15) is 5.78 Å². The van der Waals surface area contributed by atoms with Crippen molar-refractivity contribution in [1.29, 1.82) is 0 Å². The van der Waals surface area contributed by atoms with Crippen molar-refractivity contribution < 1.29 is 14.0 Å². The average molecular weight is 209 g/mol. The molecule has 15 heavy (non-hydrogen) atoms. The molecule has 1 fully saturated rings. The van der Waals surface area contributed by atoms with Gasteiger partial charge in [-0.15, -0.1) is 5.10 Å². The van der Waals surface area contributed by atoms with Crippen LogP contribution in [0.1, 0.15) is 38.0 Å². The lowest BCUT2D eigenvalue weighted by Gasteiger charge is -1.95. The Kier molecular flexibility index (Phi) is 2.49. The molecule has 0 atom stereocenters. The maximum atomic E-state index is 11.2. The molecule has 1 aliphatic carbocycles. The molecule has 0 saturated heterocycles. The van der Waals surface area contributed by atoms with E-state index in [1.54, 1.807) is 0 Å². The first-order valence-electron chi connectivity index (χ1n) is 4.78. The minimum absolute atomic E-state index is 0.0724. The topological polar surface area (TPSA) is 85.1 Å². The van der Waals surface area contributed by atoms with E-state index in [-0.39, 0.29) is 18.2 Å². The molecule has 1 saturated carbocycles. The smallest absolute Gasteiger partial charge is 0.322 e. The number of hydrogen-bond acceptors (Lipinski definition) is 5. The number of nitrogens with one attached hydrogen (secondary N) is 1. The summed E-state index contributed by atoms with van der Waals surface area (Å²) in [7, 11) is 0. The summed E-state index contributed by atoms with van der Waals surface area (Å²) >= 11 is 0. The third-order valence-corrected chi connectivity index (χ3v) is 2.02. The first-order valence-corrected chi connectivity index (χ1v) is 4.78. The molecule has 0 unspecified atom stereocenters. The minimum atomic E-state index is -0.423. The molecular weight excluding hydrogens is 198 g/mol.